The Bertz CT molecular complexity index is 1470. The van der Waals surface area contributed by atoms with Crippen molar-refractivity contribution in [1.29, 1.82) is 5.41 Å². The predicted octanol–water partition coefficient (Wildman–Crippen LogP) is 3.75. The van der Waals surface area contributed by atoms with E-state index in [-0.39, 0.29) is 17.3 Å². The van der Waals surface area contributed by atoms with Gasteiger partial charge in [0.15, 0.2) is 0 Å². The number of hydrogen-bond donors (Lipinski definition) is 5. The van der Waals surface area contributed by atoms with E-state index in [1.807, 2.05) is 37.3 Å². The number of nitrogens with one attached hydrogen (secondary N) is 2. The minimum absolute atomic E-state index is 0.130. The van der Waals surface area contributed by atoms with E-state index in [1.54, 1.807) is 12.1 Å². The molecule has 9 heteroatoms. The van der Waals surface area contributed by atoms with Gasteiger partial charge in [-0.05, 0) is 99.7 Å². The number of carbonyl (C=O) groups is 1. The Morgan fingerprint density at radius 2 is 1.79 bits per heavy atom. The molecule has 0 radical (unpaired) electrons. The van der Waals surface area contributed by atoms with E-state index in [2.05, 4.69) is 24.1 Å². The highest BCUT2D eigenvalue weighted by molar-refractivity contribution is 8.51. The number of rotatable bonds is 4. The van der Waals surface area contributed by atoms with Crippen molar-refractivity contribution in [3.63, 3.8) is 0 Å². The van der Waals surface area contributed by atoms with Crippen LogP contribution < -0.4 is 11.1 Å². The van der Waals surface area contributed by atoms with Crippen molar-refractivity contribution in [1.82, 2.24) is 0 Å². The number of allylic oxidation sites excluding steroid dienone is 4. The van der Waals surface area contributed by atoms with Gasteiger partial charge >= 0.3 is 0 Å². The first-order chi connectivity index (χ1) is 15.7. The Hall–Kier alpha value is -2.98. The highest BCUT2D eigenvalue weighted by Gasteiger charge is 2.42. The molecule has 0 spiro atoms. The maximum absolute atomic E-state index is 12.0. The number of amides is 1. The van der Waals surface area contributed by atoms with Crippen LogP contribution >= 0.6 is 9.16 Å². The van der Waals surface area contributed by atoms with E-state index in [9.17, 15) is 17.8 Å². The molecular formula is C25H29N3O4S2. The molecule has 34 heavy (non-hydrogen) atoms. The molecule has 0 aromatic heterocycles. The van der Waals surface area contributed by atoms with Crippen molar-refractivity contribution in [3.8, 4) is 0 Å². The summed E-state index contributed by atoms with van der Waals surface area (Å²) in [5.41, 5.74) is 10.7. The summed E-state index contributed by atoms with van der Waals surface area (Å²) in [6.45, 7) is 1.76. The lowest BCUT2D eigenvalue weighted by atomic mass is 9.88. The summed E-state index contributed by atoms with van der Waals surface area (Å²) in [5, 5.41) is 11.1. The van der Waals surface area contributed by atoms with Crippen LogP contribution in [0.3, 0.4) is 0 Å². The number of carbonyl (C=O) groups excluding carboxylic acids is 1. The lowest BCUT2D eigenvalue weighted by molar-refractivity contribution is -0.114. The molecule has 0 fully saturated rings. The highest BCUT2D eigenvalue weighted by Crippen LogP contribution is 2.78. The van der Waals surface area contributed by atoms with Gasteiger partial charge < -0.3 is 16.5 Å². The lowest BCUT2D eigenvalue weighted by Crippen LogP contribution is -2.26. The zero-order valence-corrected chi connectivity index (χ0v) is 21.2. The zero-order valence-electron chi connectivity index (χ0n) is 19.5. The largest absolute Gasteiger partial charge is 0.325 e. The van der Waals surface area contributed by atoms with E-state index in [0.29, 0.717) is 17.0 Å². The third kappa shape index (κ3) is 3.94. The molecule has 7 nitrogen and oxygen atoms in total. The van der Waals surface area contributed by atoms with Crippen LogP contribution in [0.15, 0.2) is 74.9 Å². The lowest BCUT2D eigenvalue weighted by Gasteiger charge is -2.58. The first kappa shape index (κ1) is 24.2. The molecule has 1 aliphatic carbocycles. The van der Waals surface area contributed by atoms with Crippen LogP contribution in [-0.4, -0.2) is 49.9 Å². The van der Waals surface area contributed by atoms with E-state index < -0.39 is 19.3 Å². The van der Waals surface area contributed by atoms with Gasteiger partial charge in [-0.25, -0.2) is 9.16 Å². The van der Waals surface area contributed by atoms with Crippen LogP contribution in [0.2, 0.25) is 0 Å². The number of anilines is 1. The molecule has 1 amide bonds. The normalized spacial score (nSPS) is 19.4. The predicted molar refractivity (Wildman–Crippen MR) is 141 cm³/mol. The fraction of sp³-hybridized carbons (Fsp3) is 0.200. The Morgan fingerprint density at radius 3 is 2.44 bits per heavy atom. The molecule has 0 unspecified atom stereocenters. The highest BCUT2D eigenvalue weighted by atomic mass is 32.3. The molecule has 180 valence electrons. The van der Waals surface area contributed by atoms with Gasteiger partial charge in [0.1, 0.15) is 0 Å². The van der Waals surface area contributed by atoms with Crippen molar-refractivity contribution < 1.29 is 17.8 Å². The van der Waals surface area contributed by atoms with Gasteiger partial charge in [0.25, 0.3) is 10.1 Å². The summed E-state index contributed by atoms with van der Waals surface area (Å²) in [4.78, 5) is 13.8. The molecule has 0 saturated heterocycles. The van der Waals surface area contributed by atoms with Gasteiger partial charge in [-0.2, -0.15) is 8.42 Å². The monoisotopic (exact) mass is 499 g/mol. The standard InChI is InChI=1S/C25H29N3O4S2/c1-15-5-8-18(33(30,31)32)13-21(15)25-19-9-6-16(27)11-22(19)34(2,3,4)23-12-17(7-10-20(23)25)28-24(29)14-26/h5-13,27,34H,14,26H2,1-4H3,(H,28,29)(H,30,31,32). The minimum atomic E-state index is -4.39. The fourth-order valence-electron chi connectivity index (χ4n) is 4.67. The minimum Gasteiger partial charge on any atom is -0.325 e. The molecule has 0 atom stereocenters. The molecule has 2 aromatic carbocycles. The van der Waals surface area contributed by atoms with E-state index in [4.69, 9.17) is 11.1 Å². The summed E-state index contributed by atoms with van der Waals surface area (Å²) >= 11 is 0. The topological polar surface area (TPSA) is 133 Å². The molecule has 1 aliphatic heterocycles. The number of benzene rings is 2. The molecule has 0 bridgehead atoms. The van der Waals surface area contributed by atoms with Crippen LogP contribution in [-0.2, 0) is 14.9 Å². The Morgan fingerprint density at radius 1 is 1.09 bits per heavy atom. The van der Waals surface area contributed by atoms with Gasteiger partial charge in [-0.3, -0.25) is 9.35 Å². The molecule has 4 rings (SSSR count). The van der Waals surface area contributed by atoms with Gasteiger partial charge in [0, 0.05) is 5.69 Å². The summed E-state index contributed by atoms with van der Waals surface area (Å²) in [6.07, 6.45) is 12.1. The second-order valence-electron chi connectivity index (χ2n) is 9.84. The van der Waals surface area contributed by atoms with Crippen molar-refractivity contribution >= 4 is 42.2 Å². The smallest absolute Gasteiger partial charge is 0.294 e. The number of thiol groups is 1. The van der Waals surface area contributed by atoms with Crippen LogP contribution in [0, 0.1) is 12.3 Å². The van der Waals surface area contributed by atoms with Crippen LogP contribution in [0.25, 0.3) is 5.57 Å². The second-order valence-corrected chi connectivity index (χ2v) is 17.8. The summed E-state index contributed by atoms with van der Waals surface area (Å²) in [5.74, 6) is -0.297. The molecule has 1 heterocycles. The van der Waals surface area contributed by atoms with Crippen LogP contribution in [0.4, 0.5) is 5.69 Å². The van der Waals surface area contributed by atoms with E-state index in [1.165, 1.54) is 12.1 Å². The first-order valence-electron chi connectivity index (χ1n) is 10.7. The van der Waals surface area contributed by atoms with Gasteiger partial charge in [-0.1, -0.05) is 18.2 Å². The summed E-state index contributed by atoms with van der Waals surface area (Å²) in [6, 6.07) is 10.3. The number of aryl methyl sites for hydroxylation is 1. The van der Waals surface area contributed by atoms with Crippen molar-refractivity contribution in [2.24, 2.45) is 5.73 Å². The molecule has 2 aromatic rings. The van der Waals surface area contributed by atoms with Crippen molar-refractivity contribution in [3.05, 3.63) is 81.8 Å². The average molecular weight is 500 g/mol. The van der Waals surface area contributed by atoms with E-state index >= 15 is 0 Å². The number of nitrogens with two attached hydrogens (primary N) is 1. The first-order valence-corrected chi connectivity index (χ1v) is 15.7. The maximum Gasteiger partial charge on any atom is 0.294 e. The summed E-state index contributed by atoms with van der Waals surface area (Å²) < 4.78 is 33.5. The SMILES string of the molecule is Cc1ccc(S(=O)(=O)O)cc1C1=C2C=CC(=N)C=C2[SH](C)(C)(C)c2cc(NC(=O)CN)ccc21. The van der Waals surface area contributed by atoms with Gasteiger partial charge in [0.05, 0.1) is 17.2 Å². The molecule has 2 aliphatic rings. The third-order valence-corrected chi connectivity index (χ3v) is 11.4. The fourth-order valence-corrected chi connectivity index (χ4v) is 8.67. The van der Waals surface area contributed by atoms with E-state index in [0.717, 1.165) is 32.1 Å². The second kappa shape index (κ2) is 7.78. The Labute approximate surface area is 200 Å². The van der Waals surface area contributed by atoms with Crippen molar-refractivity contribution in [2.45, 2.75) is 16.7 Å². The quantitative estimate of drug-likeness (QED) is 0.323. The maximum atomic E-state index is 12.0. The summed E-state index contributed by atoms with van der Waals surface area (Å²) in [7, 11) is -7.18. The molecular weight excluding hydrogens is 470 g/mol. The van der Waals surface area contributed by atoms with Crippen molar-refractivity contribution in [2.75, 3.05) is 30.6 Å². The Kier molecular flexibility index (Phi) is 5.52. The number of hydrogen-bond acceptors (Lipinski definition) is 5. The third-order valence-electron chi connectivity index (χ3n) is 6.47. The van der Waals surface area contributed by atoms with Crippen LogP contribution in [0.1, 0.15) is 16.7 Å². The van der Waals surface area contributed by atoms with Gasteiger partial charge in [-0.15, -0.1) is 0 Å². The zero-order chi connectivity index (χ0) is 25.1. The molecule has 5 N–H and O–H groups in total. The number of fused-ring (bicyclic) bond motifs is 2. The van der Waals surface area contributed by atoms with Crippen LogP contribution in [0.5, 0.6) is 0 Å². The molecule has 0 saturated carbocycles. The average Bonchev–Trinajstić information content (AvgIpc) is 2.74. The van der Waals surface area contributed by atoms with Gasteiger partial charge in [0.2, 0.25) is 5.91 Å². The Balaban J connectivity index is 2.11.